The summed E-state index contributed by atoms with van der Waals surface area (Å²) in [5, 5.41) is 8.16. The fraction of sp³-hybridized carbons (Fsp3) is 0.533. The number of rotatable bonds is 5. The second kappa shape index (κ2) is 5.95. The van der Waals surface area contributed by atoms with E-state index in [1.165, 1.54) is 0 Å². The summed E-state index contributed by atoms with van der Waals surface area (Å²) in [6.07, 6.45) is 4.91. The number of nitrogens with one attached hydrogen (secondary N) is 1. The molecular formula is C15H19N5O4S. The van der Waals surface area contributed by atoms with Crippen molar-refractivity contribution in [3.8, 4) is 0 Å². The van der Waals surface area contributed by atoms with Crippen LogP contribution in [0.25, 0.3) is 0 Å². The lowest BCUT2D eigenvalue weighted by atomic mass is 10.1. The summed E-state index contributed by atoms with van der Waals surface area (Å²) in [5.74, 6) is 0.941. The van der Waals surface area contributed by atoms with Gasteiger partial charge in [-0.2, -0.15) is 5.10 Å². The Balaban J connectivity index is 1.53. The smallest absolute Gasteiger partial charge is 0.276 e. The zero-order valence-corrected chi connectivity index (χ0v) is 14.6. The van der Waals surface area contributed by atoms with Crippen LogP contribution >= 0.6 is 0 Å². The van der Waals surface area contributed by atoms with Crippen molar-refractivity contribution in [2.24, 2.45) is 0 Å². The van der Waals surface area contributed by atoms with E-state index in [-0.39, 0.29) is 18.5 Å². The second-order valence-corrected chi connectivity index (χ2v) is 8.45. The molecule has 3 heterocycles. The van der Waals surface area contributed by atoms with E-state index in [9.17, 15) is 13.2 Å². The van der Waals surface area contributed by atoms with Crippen molar-refractivity contribution in [1.29, 1.82) is 0 Å². The summed E-state index contributed by atoms with van der Waals surface area (Å²) in [6.45, 7) is 0.922. The Morgan fingerprint density at radius 3 is 2.96 bits per heavy atom. The van der Waals surface area contributed by atoms with Crippen LogP contribution in [-0.2, 0) is 16.6 Å². The van der Waals surface area contributed by atoms with Gasteiger partial charge in [-0.3, -0.25) is 9.48 Å². The third kappa shape index (κ3) is 3.45. The molecule has 0 saturated heterocycles. The lowest BCUT2D eigenvalue weighted by molar-refractivity contribution is 0.0661. The van der Waals surface area contributed by atoms with Crippen molar-refractivity contribution in [3.05, 3.63) is 35.5 Å². The first-order chi connectivity index (χ1) is 11.9. The van der Waals surface area contributed by atoms with Crippen LogP contribution in [0.1, 0.15) is 46.7 Å². The average Bonchev–Trinajstić information content (AvgIpc) is 3.10. The van der Waals surface area contributed by atoms with Crippen LogP contribution in [0.15, 0.2) is 22.9 Å². The van der Waals surface area contributed by atoms with Crippen LogP contribution in [0.5, 0.6) is 0 Å². The maximum atomic E-state index is 12.8. The molecule has 4 rings (SSSR count). The second-order valence-electron chi connectivity index (χ2n) is 6.62. The molecule has 10 heteroatoms. The van der Waals surface area contributed by atoms with Gasteiger partial charge in [0.2, 0.25) is 10.0 Å². The molecule has 1 N–H and O–H groups in total. The minimum absolute atomic E-state index is 0.170. The van der Waals surface area contributed by atoms with Crippen LogP contribution in [0.2, 0.25) is 0 Å². The minimum Gasteiger partial charge on any atom is -0.360 e. The topological polar surface area (TPSA) is 110 Å². The first-order valence-corrected chi connectivity index (χ1v) is 10.0. The standard InChI is InChI=1S/C15H19N5O4S/c1-25(22,23)17-7-12-9-19(8-11-4-5-16-20(11)12)15(21)13-6-14(24-18-13)10-2-3-10/h4-6,10,12,17H,2-3,7-9H2,1H3. The fourth-order valence-electron chi connectivity index (χ4n) is 3.05. The molecule has 0 spiro atoms. The van der Waals surface area contributed by atoms with Gasteiger partial charge in [0.15, 0.2) is 5.69 Å². The Hall–Kier alpha value is -2.20. The maximum Gasteiger partial charge on any atom is 0.276 e. The lowest BCUT2D eigenvalue weighted by Gasteiger charge is -2.33. The third-order valence-corrected chi connectivity index (χ3v) is 5.17. The van der Waals surface area contributed by atoms with Crippen molar-refractivity contribution >= 4 is 15.9 Å². The quantitative estimate of drug-likeness (QED) is 0.826. The highest BCUT2D eigenvalue weighted by molar-refractivity contribution is 7.88. The van der Waals surface area contributed by atoms with E-state index in [2.05, 4.69) is 15.0 Å². The van der Waals surface area contributed by atoms with Gasteiger partial charge in [0.25, 0.3) is 5.91 Å². The summed E-state index contributed by atoms with van der Waals surface area (Å²) in [6, 6.07) is 3.27. The highest BCUT2D eigenvalue weighted by atomic mass is 32.2. The van der Waals surface area contributed by atoms with Crippen LogP contribution in [0, 0.1) is 0 Å². The molecular weight excluding hydrogens is 346 g/mol. The Morgan fingerprint density at radius 1 is 1.44 bits per heavy atom. The first kappa shape index (κ1) is 16.3. The van der Waals surface area contributed by atoms with Gasteiger partial charge in [-0.15, -0.1) is 0 Å². The lowest BCUT2D eigenvalue weighted by Crippen LogP contribution is -2.45. The van der Waals surface area contributed by atoms with Crippen molar-refractivity contribution in [3.63, 3.8) is 0 Å². The highest BCUT2D eigenvalue weighted by Gasteiger charge is 2.33. The summed E-state index contributed by atoms with van der Waals surface area (Å²) in [7, 11) is -3.32. The molecule has 2 aromatic heterocycles. The molecule has 1 aliphatic carbocycles. The number of amides is 1. The van der Waals surface area contributed by atoms with Gasteiger partial charge in [-0.1, -0.05) is 5.16 Å². The normalized spacial score (nSPS) is 20.5. The van der Waals surface area contributed by atoms with E-state index in [0.29, 0.717) is 24.7 Å². The molecule has 25 heavy (non-hydrogen) atoms. The summed E-state index contributed by atoms with van der Waals surface area (Å²) < 4.78 is 32.3. The van der Waals surface area contributed by atoms with Gasteiger partial charge in [0.05, 0.1) is 24.5 Å². The van der Waals surface area contributed by atoms with E-state index < -0.39 is 10.0 Å². The Kier molecular flexibility index (Phi) is 3.88. The zero-order valence-electron chi connectivity index (χ0n) is 13.8. The molecule has 2 aliphatic rings. The monoisotopic (exact) mass is 365 g/mol. The zero-order chi connectivity index (χ0) is 17.6. The molecule has 2 aromatic rings. The first-order valence-electron chi connectivity index (χ1n) is 8.13. The van der Waals surface area contributed by atoms with Crippen molar-refractivity contribution in [2.75, 3.05) is 19.3 Å². The molecule has 134 valence electrons. The van der Waals surface area contributed by atoms with Crippen LogP contribution in [-0.4, -0.2) is 53.5 Å². The molecule has 9 nitrogen and oxygen atoms in total. The van der Waals surface area contributed by atoms with E-state index in [1.54, 1.807) is 21.8 Å². The fourth-order valence-corrected chi connectivity index (χ4v) is 3.55. The minimum atomic E-state index is -3.32. The highest BCUT2D eigenvalue weighted by Crippen LogP contribution is 2.40. The predicted octanol–water partition coefficient (Wildman–Crippen LogP) is 0.495. The Morgan fingerprint density at radius 2 is 2.24 bits per heavy atom. The number of fused-ring (bicyclic) bond motifs is 1. The predicted molar refractivity (Wildman–Crippen MR) is 87.3 cm³/mol. The van der Waals surface area contributed by atoms with E-state index in [0.717, 1.165) is 30.6 Å². The molecule has 1 amide bonds. The number of carbonyl (C=O) groups excluding carboxylic acids is 1. The largest absolute Gasteiger partial charge is 0.360 e. The van der Waals surface area contributed by atoms with Crippen molar-refractivity contribution in [2.45, 2.75) is 31.3 Å². The molecule has 0 aromatic carbocycles. The van der Waals surface area contributed by atoms with E-state index in [1.807, 2.05) is 6.07 Å². The molecule has 0 radical (unpaired) electrons. The maximum absolute atomic E-state index is 12.8. The van der Waals surface area contributed by atoms with E-state index in [4.69, 9.17) is 4.52 Å². The Bertz CT molecular complexity index is 899. The van der Waals surface area contributed by atoms with Gasteiger partial charge in [0.1, 0.15) is 5.76 Å². The van der Waals surface area contributed by atoms with Gasteiger partial charge in [-0.05, 0) is 18.9 Å². The molecule has 1 aliphatic heterocycles. The number of hydrogen-bond donors (Lipinski definition) is 1. The molecule has 1 unspecified atom stereocenters. The molecule has 0 bridgehead atoms. The van der Waals surface area contributed by atoms with E-state index >= 15 is 0 Å². The van der Waals surface area contributed by atoms with Gasteiger partial charge in [0, 0.05) is 31.3 Å². The summed E-state index contributed by atoms with van der Waals surface area (Å²) in [5.41, 5.74) is 1.15. The third-order valence-electron chi connectivity index (χ3n) is 4.48. The number of aromatic nitrogens is 3. The number of carbonyl (C=O) groups is 1. The number of nitrogens with zero attached hydrogens (tertiary/aromatic N) is 4. The van der Waals surface area contributed by atoms with Crippen LogP contribution in [0.3, 0.4) is 0 Å². The SMILES string of the molecule is CS(=O)(=O)NCC1CN(C(=O)c2cc(C3CC3)on2)Cc2ccnn21. The van der Waals surface area contributed by atoms with Crippen molar-refractivity contribution in [1.82, 2.24) is 24.6 Å². The summed E-state index contributed by atoms with van der Waals surface area (Å²) in [4.78, 5) is 14.4. The van der Waals surface area contributed by atoms with Crippen molar-refractivity contribution < 1.29 is 17.7 Å². The van der Waals surface area contributed by atoms with Gasteiger partial charge < -0.3 is 9.42 Å². The average molecular weight is 365 g/mol. The molecule has 1 atom stereocenters. The van der Waals surface area contributed by atoms with Crippen LogP contribution < -0.4 is 4.72 Å². The molecule has 1 saturated carbocycles. The van der Waals surface area contributed by atoms with Crippen LogP contribution in [0.4, 0.5) is 0 Å². The Labute approximate surface area is 145 Å². The van der Waals surface area contributed by atoms with Gasteiger partial charge in [-0.25, -0.2) is 13.1 Å². The number of sulfonamides is 1. The summed E-state index contributed by atoms with van der Waals surface area (Å²) >= 11 is 0. The number of hydrogen-bond acceptors (Lipinski definition) is 6. The molecule has 1 fully saturated rings. The van der Waals surface area contributed by atoms with Gasteiger partial charge >= 0.3 is 0 Å².